The van der Waals surface area contributed by atoms with Crippen LogP contribution in [-0.4, -0.2) is 5.78 Å². The average Bonchev–Trinajstić information content (AvgIpc) is 3.03. The Kier molecular flexibility index (Phi) is 4.09. The minimum atomic E-state index is 0.170. The Bertz CT molecular complexity index is 380. The fourth-order valence-corrected chi connectivity index (χ4v) is 3.32. The zero-order chi connectivity index (χ0) is 13.2. The first kappa shape index (κ1) is 13.6. The van der Waals surface area contributed by atoms with Gasteiger partial charge in [-0.3, -0.25) is 4.79 Å². The first-order valence-corrected chi connectivity index (χ1v) is 7.47. The minimum absolute atomic E-state index is 0.170. The maximum absolute atomic E-state index is 11.2. The van der Waals surface area contributed by atoms with Crippen molar-refractivity contribution in [3.05, 3.63) is 23.3 Å². The zero-order valence-corrected chi connectivity index (χ0v) is 12.1. The summed E-state index contributed by atoms with van der Waals surface area (Å²) in [5.74, 6) is 0.788. The van der Waals surface area contributed by atoms with E-state index in [0.717, 1.165) is 0 Å². The zero-order valence-electron chi connectivity index (χ0n) is 12.1. The third-order valence-corrected chi connectivity index (χ3v) is 4.55. The van der Waals surface area contributed by atoms with Crippen LogP contribution in [0, 0.1) is 11.3 Å². The third kappa shape index (κ3) is 2.93. The highest BCUT2D eigenvalue weighted by Gasteiger charge is 2.45. The Labute approximate surface area is 111 Å². The van der Waals surface area contributed by atoms with Crippen LogP contribution in [0.4, 0.5) is 0 Å². The van der Waals surface area contributed by atoms with Gasteiger partial charge in [-0.05, 0) is 62.0 Å². The van der Waals surface area contributed by atoms with Crippen LogP contribution in [0.25, 0.3) is 0 Å². The summed E-state index contributed by atoms with van der Waals surface area (Å²) in [5.41, 5.74) is 3.59. The molecule has 0 aromatic heterocycles. The summed E-state index contributed by atoms with van der Waals surface area (Å²) in [5, 5.41) is 0. The van der Waals surface area contributed by atoms with Gasteiger partial charge in [-0.25, -0.2) is 0 Å². The molecule has 0 aromatic carbocycles. The van der Waals surface area contributed by atoms with E-state index >= 15 is 0 Å². The quantitative estimate of drug-likeness (QED) is 0.652. The fourth-order valence-electron chi connectivity index (χ4n) is 3.32. The van der Waals surface area contributed by atoms with Crippen LogP contribution >= 0.6 is 0 Å². The SMILES string of the molecule is CC(=O)C=C/C1=C(\C(C)C)CCCCCC12CC2. The Morgan fingerprint density at radius 3 is 2.44 bits per heavy atom. The number of carbonyl (C=O) groups is 1. The van der Waals surface area contributed by atoms with Gasteiger partial charge in [0.2, 0.25) is 0 Å². The standard InChI is InChI=1S/C17H26O/c1-13(2)15-7-5-4-6-10-17(11-12-17)16(15)9-8-14(3)18/h8-9,13H,4-7,10-12H2,1-3H3/b9-8?,16-15+. The average molecular weight is 246 g/mol. The van der Waals surface area contributed by atoms with Crippen molar-refractivity contribution in [1.82, 2.24) is 0 Å². The van der Waals surface area contributed by atoms with Crippen LogP contribution in [-0.2, 0) is 4.79 Å². The number of carbonyl (C=O) groups excluding carboxylic acids is 1. The Morgan fingerprint density at radius 1 is 1.17 bits per heavy atom. The molecule has 0 amide bonds. The molecule has 2 aliphatic rings. The second-order valence-corrected chi connectivity index (χ2v) is 6.38. The molecule has 18 heavy (non-hydrogen) atoms. The Hall–Kier alpha value is -0.850. The van der Waals surface area contributed by atoms with Gasteiger partial charge in [0, 0.05) is 0 Å². The van der Waals surface area contributed by atoms with Gasteiger partial charge in [-0.1, -0.05) is 38.3 Å². The number of hydrogen-bond donors (Lipinski definition) is 0. The van der Waals surface area contributed by atoms with Gasteiger partial charge in [0.05, 0.1) is 0 Å². The van der Waals surface area contributed by atoms with Gasteiger partial charge in [0.25, 0.3) is 0 Å². The minimum Gasteiger partial charge on any atom is -0.295 e. The molecule has 1 saturated carbocycles. The molecule has 0 atom stereocenters. The number of hydrogen-bond acceptors (Lipinski definition) is 1. The molecule has 0 aliphatic heterocycles. The molecule has 1 fully saturated rings. The van der Waals surface area contributed by atoms with E-state index in [9.17, 15) is 4.79 Å². The van der Waals surface area contributed by atoms with Gasteiger partial charge < -0.3 is 0 Å². The Morgan fingerprint density at radius 2 is 1.89 bits per heavy atom. The number of rotatable bonds is 3. The molecule has 0 radical (unpaired) electrons. The molecule has 0 unspecified atom stereocenters. The third-order valence-electron chi connectivity index (χ3n) is 4.55. The van der Waals surface area contributed by atoms with Gasteiger partial charge in [-0.15, -0.1) is 0 Å². The second-order valence-electron chi connectivity index (χ2n) is 6.38. The topological polar surface area (TPSA) is 17.1 Å². The number of allylic oxidation sites excluding steroid dienone is 4. The van der Waals surface area contributed by atoms with Crippen LogP contribution in [0.2, 0.25) is 0 Å². The smallest absolute Gasteiger partial charge is 0.152 e. The number of ketones is 1. The summed E-state index contributed by atoms with van der Waals surface area (Å²) in [7, 11) is 0. The molecule has 0 heterocycles. The molecular formula is C17H26O. The molecule has 1 spiro atoms. The van der Waals surface area contributed by atoms with E-state index in [1.807, 2.05) is 0 Å². The first-order valence-electron chi connectivity index (χ1n) is 7.47. The van der Waals surface area contributed by atoms with Gasteiger partial charge in [0.1, 0.15) is 0 Å². The van der Waals surface area contributed by atoms with Gasteiger partial charge in [0.15, 0.2) is 5.78 Å². The summed E-state index contributed by atoms with van der Waals surface area (Å²) in [6.45, 7) is 6.25. The molecule has 1 nitrogen and oxygen atoms in total. The maximum atomic E-state index is 11.2. The van der Waals surface area contributed by atoms with Crippen molar-refractivity contribution in [2.75, 3.05) is 0 Å². The van der Waals surface area contributed by atoms with Crippen molar-refractivity contribution < 1.29 is 4.79 Å². The highest BCUT2D eigenvalue weighted by molar-refractivity contribution is 5.87. The van der Waals surface area contributed by atoms with Crippen LogP contribution in [0.1, 0.15) is 65.7 Å². The van der Waals surface area contributed by atoms with Crippen molar-refractivity contribution in [2.45, 2.75) is 65.7 Å². The molecule has 0 saturated heterocycles. The monoisotopic (exact) mass is 246 g/mol. The molecular weight excluding hydrogens is 220 g/mol. The lowest BCUT2D eigenvalue weighted by Gasteiger charge is -2.26. The fraction of sp³-hybridized carbons (Fsp3) is 0.706. The summed E-state index contributed by atoms with van der Waals surface area (Å²) >= 11 is 0. The highest BCUT2D eigenvalue weighted by Crippen LogP contribution is 2.58. The normalized spacial score (nSPS) is 27.6. The van der Waals surface area contributed by atoms with E-state index in [4.69, 9.17) is 0 Å². The first-order chi connectivity index (χ1) is 8.55. The summed E-state index contributed by atoms with van der Waals surface area (Å²) in [4.78, 5) is 11.2. The van der Waals surface area contributed by atoms with Gasteiger partial charge >= 0.3 is 0 Å². The molecule has 0 bridgehead atoms. The predicted octanol–water partition coefficient (Wildman–Crippen LogP) is 4.83. The molecule has 1 heteroatoms. The van der Waals surface area contributed by atoms with Gasteiger partial charge in [-0.2, -0.15) is 0 Å². The van der Waals surface area contributed by atoms with Crippen molar-refractivity contribution in [3.63, 3.8) is 0 Å². The maximum Gasteiger partial charge on any atom is 0.152 e. The van der Waals surface area contributed by atoms with Crippen LogP contribution < -0.4 is 0 Å². The predicted molar refractivity (Wildman–Crippen MR) is 76.4 cm³/mol. The second kappa shape index (κ2) is 5.42. The van der Waals surface area contributed by atoms with E-state index < -0.39 is 0 Å². The van der Waals surface area contributed by atoms with Crippen LogP contribution in [0.15, 0.2) is 23.3 Å². The lowest BCUT2D eigenvalue weighted by Crippen LogP contribution is -2.12. The molecule has 100 valence electrons. The van der Waals surface area contributed by atoms with Crippen LogP contribution in [0.5, 0.6) is 0 Å². The van der Waals surface area contributed by atoms with E-state index in [2.05, 4.69) is 19.9 Å². The molecule has 2 rings (SSSR count). The molecule has 0 N–H and O–H groups in total. The summed E-state index contributed by atoms with van der Waals surface area (Å²) in [6.07, 6.45) is 13.2. The lowest BCUT2D eigenvalue weighted by molar-refractivity contribution is -0.112. The van der Waals surface area contributed by atoms with E-state index in [1.165, 1.54) is 50.5 Å². The van der Waals surface area contributed by atoms with E-state index in [1.54, 1.807) is 18.6 Å². The summed E-state index contributed by atoms with van der Waals surface area (Å²) in [6, 6.07) is 0. The lowest BCUT2D eigenvalue weighted by atomic mass is 9.79. The molecule has 0 aromatic rings. The largest absolute Gasteiger partial charge is 0.295 e. The van der Waals surface area contributed by atoms with Crippen molar-refractivity contribution >= 4 is 5.78 Å². The van der Waals surface area contributed by atoms with E-state index in [-0.39, 0.29) is 5.78 Å². The van der Waals surface area contributed by atoms with Crippen molar-refractivity contribution in [1.29, 1.82) is 0 Å². The van der Waals surface area contributed by atoms with Crippen molar-refractivity contribution in [2.24, 2.45) is 11.3 Å². The van der Waals surface area contributed by atoms with E-state index in [0.29, 0.717) is 11.3 Å². The van der Waals surface area contributed by atoms with Crippen LogP contribution in [0.3, 0.4) is 0 Å². The molecule has 2 aliphatic carbocycles. The highest BCUT2D eigenvalue weighted by atomic mass is 16.1. The van der Waals surface area contributed by atoms with Crippen molar-refractivity contribution in [3.8, 4) is 0 Å². The summed E-state index contributed by atoms with van der Waals surface area (Å²) < 4.78 is 0. The Balaban J connectivity index is 2.37.